The van der Waals surface area contributed by atoms with Crippen LogP contribution < -0.4 is 5.32 Å². The van der Waals surface area contributed by atoms with Crippen molar-refractivity contribution in [2.45, 2.75) is 13.5 Å². The molecular weight excluding hydrogens is 378 g/mol. The van der Waals surface area contributed by atoms with Gasteiger partial charge in [-0.1, -0.05) is 55.5 Å². The number of amides is 3. The van der Waals surface area contributed by atoms with Crippen LogP contribution in [0.15, 0.2) is 66.7 Å². The Hall–Kier alpha value is -3.72. The minimum absolute atomic E-state index is 0.196. The molecule has 1 saturated heterocycles. The highest BCUT2D eigenvalue weighted by Gasteiger charge is 2.54. The number of fused-ring (bicyclic) bond motifs is 1. The first-order chi connectivity index (χ1) is 14.5. The molecule has 2 aliphatic rings. The lowest BCUT2D eigenvalue weighted by Gasteiger charge is -2.30. The van der Waals surface area contributed by atoms with Gasteiger partial charge in [0.15, 0.2) is 0 Å². The molecule has 0 unspecified atom stereocenters. The van der Waals surface area contributed by atoms with E-state index in [0.717, 1.165) is 5.56 Å². The molecule has 1 heterocycles. The van der Waals surface area contributed by atoms with Gasteiger partial charge in [0.2, 0.25) is 17.7 Å². The molecule has 0 spiro atoms. The molecule has 1 fully saturated rings. The van der Waals surface area contributed by atoms with E-state index in [2.05, 4.69) is 5.32 Å². The molecule has 2 aromatic rings. The van der Waals surface area contributed by atoms with Gasteiger partial charge in [0, 0.05) is 5.69 Å². The summed E-state index contributed by atoms with van der Waals surface area (Å²) in [7, 11) is 0. The number of nitriles is 1. The van der Waals surface area contributed by atoms with Crippen LogP contribution in [-0.2, 0) is 20.9 Å². The van der Waals surface area contributed by atoms with Crippen LogP contribution in [-0.4, -0.2) is 22.6 Å². The summed E-state index contributed by atoms with van der Waals surface area (Å²) in [5, 5.41) is 11.9. The van der Waals surface area contributed by atoms with E-state index in [1.54, 1.807) is 30.3 Å². The van der Waals surface area contributed by atoms with Crippen LogP contribution in [0.3, 0.4) is 0 Å². The molecule has 6 heteroatoms. The number of nitrogens with one attached hydrogen (secondary N) is 1. The summed E-state index contributed by atoms with van der Waals surface area (Å²) >= 11 is 0. The maximum absolute atomic E-state index is 13.2. The second kappa shape index (κ2) is 7.96. The van der Waals surface area contributed by atoms with Crippen LogP contribution in [0.25, 0.3) is 0 Å². The van der Waals surface area contributed by atoms with Crippen molar-refractivity contribution in [3.05, 3.63) is 77.9 Å². The highest BCUT2D eigenvalue weighted by Crippen LogP contribution is 2.42. The van der Waals surface area contributed by atoms with Gasteiger partial charge in [0.25, 0.3) is 0 Å². The van der Waals surface area contributed by atoms with Crippen molar-refractivity contribution >= 4 is 23.4 Å². The van der Waals surface area contributed by atoms with Gasteiger partial charge in [-0.05, 0) is 29.7 Å². The minimum atomic E-state index is -0.722. The van der Waals surface area contributed by atoms with Crippen LogP contribution in [0, 0.1) is 35.0 Å². The Kier molecular flexibility index (Phi) is 5.20. The summed E-state index contributed by atoms with van der Waals surface area (Å²) in [5.74, 6) is -3.10. The number of carbonyl (C=O) groups is 3. The van der Waals surface area contributed by atoms with E-state index in [1.165, 1.54) is 4.90 Å². The molecule has 4 atom stereocenters. The van der Waals surface area contributed by atoms with Gasteiger partial charge < -0.3 is 5.32 Å². The van der Waals surface area contributed by atoms with Gasteiger partial charge in [-0.3, -0.25) is 19.3 Å². The number of anilines is 1. The molecule has 6 nitrogen and oxygen atoms in total. The zero-order valence-electron chi connectivity index (χ0n) is 16.5. The van der Waals surface area contributed by atoms with E-state index in [1.807, 2.05) is 49.4 Å². The van der Waals surface area contributed by atoms with Crippen molar-refractivity contribution in [3.63, 3.8) is 0 Å². The van der Waals surface area contributed by atoms with Crippen LogP contribution >= 0.6 is 0 Å². The molecule has 150 valence electrons. The van der Waals surface area contributed by atoms with E-state index in [-0.39, 0.29) is 30.2 Å². The van der Waals surface area contributed by atoms with E-state index < -0.39 is 17.8 Å². The number of rotatable bonds is 4. The molecule has 1 aliphatic heterocycles. The Labute approximate surface area is 174 Å². The highest BCUT2D eigenvalue weighted by molar-refractivity contribution is 6.09. The minimum Gasteiger partial charge on any atom is -0.326 e. The molecular formula is C24H21N3O3. The third-order valence-electron chi connectivity index (χ3n) is 5.81. The van der Waals surface area contributed by atoms with Gasteiger partial charge >= 0.3 is 0 Å². The first-order valence-electron chi connectivity index (χ1n) is 9.88. The maximum Gasteiger partial charge on any atom is 0.237 e. The van der Waals surface area contributed by atoms with Crippen LogP contribution in [0.5, 0.6) is 0 Å². The van der Waals surface area contributed by atoms with E-state index in [9.17, 15) is 14.4 Å². The van der Waals surface area contributed by atoms with Crippen molar-refractivity contribution in [3.8, 4) is 6.07 Å². The number of likely N-dealkylation sites (tertiary alicyclic amines) is 1. The molecule has 3 amide bonds. The number of nitrogens with zero attached hydrogens (tertiary/aromatic N) is 2. The average molecular weight is 399 g/mol. The Morgan fingerprint density at radius 1 is 1.07 bits per heavy atom. The molecule has 4 rings (SSSR count). The van der Waals surface area contributed by atoms with E-state index in [0.29, 0.717) is 11.3 Å². The fourth-order valence-electron chi connectivity index (χ4n) is 4.31. The molecule has 0 aromatic heterocycles. The maximum atomic E-state index is 13.2. The fourth-order valence-corrected chi connectivity index (χ4v) is 4.31. The largest absolute Gasteiger partial charge is 0.326 e. The number of allylic oxidation sites excluding steroid dienone is 1. The summed E-state index contributed by atoms with van der Waals surface area (Å²) in [6, 6.07) is 18.0. The fraction of sp³-hybridized carbons (Fsp3) is 0.250. The van der Waals surface area contributed by atoms with E-state index in [4.69, 9.17) is 5.26 Å². The normalized spacial score (nSPS) is 25.0. The number of benzene rings is 2. The van der Waals surface area contributed by atoms with Crippen molar-refractivity contribution in [1.82, 2.24) is 4.90 Å². The quantitative estimate of drug-likeness (QED) is 0.632. The monoisotopic (exact) mass is 399 g/mol. The van der Waals surface area contributed by atoms with Crippen molar-refractivity contribution in [1.29, 1.82) is 5.26 Å². The lowest BCUT2D eigenvalue weighted by Crippen LogP contribution is -2.41. The number of carbonyl (C=O) groups excluding carboxylic acids is 3. The second-order valence-corrected chi connectivity index (χ2v) is 7.75. The molecule has 1 N–H and O–H groups in total. The van der Waals surface area contributed by atoms with Gasteiger partial charge in [0.05, 0.1) is 35.9 Å². The summed E-state index contributed by atoms with van der Waals surface area (Å²) < 4.78 is 0. The standard InChI is InChI=1S/C24H21N3O3/c1-15-10-11-19-21(20(15)22(28)26-18-9-5-8-17(12-18)13-25)24(30)27(23(19)29)14-16-6-3-2-4-7-16/h2-12,15,19-21H,14H2,1H3,(H,26,28)/t15-,19+,20-,21-/m1/s1. The lowest BCUT2D eigenvalue weighted by atomic mass is 9.71. The smallest absolute Gasteiger partial charge is 0.237 e. The first-order valence-corrected chi connectivity index (χ1v) is 9.88. The molecule has 0 bridgehead atoms. The van der Waals surface area contributed by atoms with E-state index >= 15 is 0 Å². The Bertz CT molecular complexity index is 1070. The molecule has 2 aromatic carbocycles. The number of hydrogen-bond acceptors (Lipinski definition) is 4. The van der Waals surface area contributed by atoms with Gasteiger partial charge in [-0.15, -0.1) is 0 Å². The Morgan fingerprint density at radius 3 is 2.57 bits per heavy atom. The lowest BCUT2D eigenvalue weighted by molar-refractivity contribution is -0.142. The molecule has 30 heavy (non-hydrogen) atoms. The van der Waals surface area contributed by atoms with Crippen LogP contribution in [0.1, 0.15) is 18.1 Å². The molecule has 0 saturated carbocycles. The second-order valence-electron chi connectivity index (χ2n) is 7.75. The van der Waals surface area contributed by atoms with Crippen molar-refractivity contribution in [2.75, 3.05) is 5.32 Å². The zero-order valence-corrected chi connectivity index (χ0v) is 16.5. The summed E-state index contributed by atoms with van der Waals surface area (Å²) in [6.07, 6.45) is 3.61. The SMILES string of the molecule is C[C@@H]1C=C[C@@H]2C(=O)N(Cc3ccccc3)C(=O)[C@H]2[C@@H]1C(=O)Nc1cccc(C#N)c1. The Morgan fingerprint density at radius 2 is 1.83 bits per heavy atom. The van der Waals surface area contributed by atoms with Gasteiger partial charge in [-0.25, -0.2) is 0 Å². The van der Waals surface area contributed by atoms with Crippen molar-refractivity contribution < 1.29 is 14.4 Å². The third-order valence-corrected chi connectivity index (χ3v) is 5.81. The van der Waals surface area contributed by atoms with Gasteiger partial charge in [0.1, 0.15) is 0 Å². The zero-order chi connectivity index (χ0) is 21.3. The van der Waals surface area contributed by atoms with Crippen LogP contribution in [0.4, 0.5) is 5.69 Å². The molecule has 0 radical (unpaired) electrons. The highest BCUT2D eigenvalue weighted by atomic mass is 16.2. The average Bonchev–Trinajstić information content (AvgIpc) is 2.99. The molecule has 1 aliphatic carbocycles. The number of imide groups is 1. The Balaban J connectivity index is 1.59. The third kappa shape index (κ3) is 3.50. The van der Waals surface area contributed by atoms with Gasteiger partial charge in [-0.2, -0.15) is 5.26 Å². The predicted molar refractivity (Wildman–Crippen MR) is 111 cm³/mol. The topological polar surface area (TPSA) is 90.3 Å². The summed E-state index contributed by atoms with van der Waals surface area (Å²) in [6.45, 7) is 2.08. The first kappa shape index (κ1) is 19.6. The summed E-state index contributed by atoms with van der Waals surface area (Å²) in [5.41, 5.74) is 1.79. The van der Waals surface area contributed by atoms with Crippen molar-refractivity contribution in [2.24, 2.45) is 23.7 Å². The predicted octanol–water partition coefficient (Wildman–Crippen LogP) is 3.12. The number of hydrogen-bond donors (Lipinski definition) is 1. The summed E-state index contributed by atoms with van der Waals surface area (Å²) in [4.78, 5) is 40.6. The van der Waals surface area contributed by atoms with Crippen LogP contribution in [0.2, 0.25) is 0 Å².